The molecule has 0 aliphatic heterocycles. The maximum atomic E-state index is 12.9. The Kier molecular flexibility index (Phi) is 5.54. The SMILES string of the molecule is COc1ccc(OC)c(Nc2nc3ccncc3nc2NS(=O)(=O)c2ccccc2)c1. The molecule has 2 aromatic carbocycles. The van der Waals surface area contributed by atoms with Crippen LogP contribution in [0.1, 0.15) is 0 Å². The van der Waals surface area contributed by atoms with E-state index in [1.807, 2.05) is 0 Å². The molecule has 9 nitrogen and oxygen atoms in total. The van der Waals surface area contributed by atoms with E-state index in [0.29, 0.717) is 28.2 Å². The van der Waals surface area contributed by atoms with Crippen LogP contribution in [0.3, 0.4) is 0 Å². The number of nitrogens with zero attached hydrogens (tertiary/aromatic N) is 3. The zero-order chi connectivity index (χ0) is 21.8. The van der Waals surface area contributed by atoms with Gasteiger partial charge in [0.15, 0.2) is 11.6 Å². The normalized spacial score (nSPS) is 11.2. The largest absolute Gasteiger partial charge is 0.497 e. The molecule has 0 amide bonds. The van der Waals surface area contributed by atoms with Crippen LogP contribution in [0.5, 0.6) is 11.5 Å². The number of ether oxygens (including phenoxy) is 2. The summed E-state index contributed by atoms with van der Waals surface area (Å²) in [6, 6.07) is 14.9. The summed E-state index contributed by atoms with van der Waals surface area (Å²) in [6.07, 6.45) is 3.10. The average molecular weight is 437 g/mol. The van der Waals surface area contributed by atoms with Crippen molar-refractivity contribution in [1.29, 1.82) is 0 Å². The van der Waals surface area contributed by atoms with Gasteiger partial charge in [-0.3, -0.25) is 9.71 Å². The molecule has 0 fully saturated rings. The Hall–Kier alpha value is -3.92. The number of benzene rings is 2. The van der Waals surface area contributed by atoms with Crippen molar-refractivity contribution in [3.8, 4) is 11.5 Å². The minimum atomic E-state index is -3.89. The van der Waals surface area contributed by atoms with Crippen LogP contribution in [-0.4, -0.2) is 37.6 Å². The van der Waals surface area contributed by atoms with Crippen molar-refractivity contribution in [3.05, 3.63) is 67.0 Å². The maximum absolute atomic E-state index is 12.9. The second-order valence-electron chi connectivity index (χ2n) is 6.39. The zero-order valence-corrected chi connectivity index (χ0v) is 17.6. The molecule has 31 heavy (non-hydrogen) atoms. The van der Waals surface area contributed by atoms with E-state index in [1.54, 1.807) is 55.8 Å². The van der Waals surface area contributed by atoms with Crippen LogP contribution >= 0.6 is 0 Å². The van der Waals surface area contributed by atoms with Crippen molar-refractivity contribution in [2.45, 2.75) is 4.90 Å². The summed E-state index contributed by atoms with van der Waals surface area (Å²) in [5.74, 6) is 1.33. The lowest BCUT2D eigenvalue weighted by atomic mass is 10.2. The molecule has 2 aromatic heterocycles. The van der Waals surface area contributed by atoms with Crippen molar-refractivity contribution >= 4 is 38.4 Å². The summed E-state index contributed by atoms with van der Waals surface area (Å²) in [4.78, 5) is 13.1. The van der Waals surface area contributed by atoms with Gasteiger partial charge in [0, 0.05) is 12.3 Å². The van der Waals surface area contributed by atoms with Gasteiger partial charge in [0.25, 0.3) is 10.0 Å². The first-order valence-electron chi connectivity index (χ1n) is 9.19. The van der Waals surface area contributed by atoms with E-state index < -0.39 is 10.0 Å². The zero-order valence-electron chi connectivity index (χ0n) is 16.7. The number of methoxy groups -OCH3 is 2. The van der Waals surface area contributed by atoms with Gasteiger partial charge < -0.3 is 14.8 Å². The number of anilines is 3. The van der Waals surface area contributed by atoms with Gasteiger partial charge in [-0.2, -0.15) is 0 Å². The molecule has 10 heteroatoms. The predicted octanol–water partition coefficient (Wildman–Crippen LogP) is 3.59. The number of aromatic nitrogens is 3. The highest BCUT2D eigenvalue weighted by molar-refractivity contribution is 7.92. The molecule has 4 aromatic rings. The number of nitrogens with one attached hydrogen (secondary N) is 2. The van der Waals surface area contributed by atoms with E-state index in [-0.39, 0.29) is 16.5 Å². The van der Waals surface area contributed by atoms with Crippen molar-refractivity contribution in [2.24, 2.45) is 0 Å². The minimum Gasteiger partial charge on any atom is -0.497 e. The van der Waals surface area contributed by atoms with Crippen LogP contribution in [0.15, 0.2) is 71.9 Å². The van der Waals surface area contributed by atoms with Crippen LogP contribution in [0, 0.1) is 0 Å². The molecule has 0 spiro atoms. The van der Waals surface area contributed by atoms with E-state index in [1.165, 1.54) is 25.4 Å². The Morgan fingerprint density at radius 1 is 0.871 bits per heavy atom. The predicted molar refractivity (Wildman–Crippen MR) is 117 cm³/mol. The van der Waals surface area contributed by atoms with Gasteiger partial charge in [0.1, 0.15) is 17.0 Å². The molecule has 0 atom stereocenters. The Labute approximate surface area is 179 Å². The Morgan fingerprint density at radius 3 is 2.39 bits per heavy atom. The third-order valence-corrected chi connectivity index (χ3v) is 5.77. The molecule has 2 heterocycles. The van der Waals surface area contributed by atoms with Gasteiger partial charge in [0.05, 0.1) is 36.5 Å². The fourth-order valence-electron chi connectivity index (χ4n) is 2.89. The summed E-state index contributed by atoms with van der Waals surface area (Å²) in [6.45, 7) is 0. The Morgan fingerprint density at radius 2 is 1.65 bits per heavy atom. The molecule has 0 aliphatic carbocycles. The summed E-state index contributed by atoms with van der Waals surface area (Å²) >= 11 is 0. The highest BCUT2D eigenvalue weighted by Gasteiger charge is 2.19. The van der Waals surface area contributed by atoms with Gasteiger partial charge in [-0.1, -0.05) is 18.2 Å². The average Bonchev–Trinajstić information content (AvgIpc) is 2.79. The third kappa shape index (κ3) is 4.33. The van der Waals surface area contributed by atoms with Crippen LogP contribution in [-0.2, 0) is 10.0 Å². The lowest BCUT2D eigenvalue weighted by Crippen LogP contribution is -2.16. The van der Waals surface area contributed by atoms with E-state index in [4.69, 9.17) is 9.47 Å². The van der Waals surface area contributed by atoms with E-state index >= 15 is 0 Å². The standard InChI is InChI=1S/C21H19N5O4S/c1-29-14-8-9-19(30-2)17(12-14)24-20-21(25-18-13-22-11-10-16(18)23-20)26-31(27,28)15-6-4-3-5-7-15/h3-13H,1-2H3,(H,23,24)(H,25,26). The van der Waals surface area contributed by atoms with Crippen LogP contribution in [0.2, 0.25) is 0 Å². The molecule has 0 saturated heterocycles. The van der Waals surface area contributed by atoms with Crippen molar-refractivity contribution in [1.82, 2.24) is 15.0 Å². The molecule has 158 valence electrons. The van der Waals surface area contributed by atoms with Crippen LogP contribution in [0.25, 0.3) is 11.0 Å². The van der Waals surface area contributed by atoms with Crippen molar-refractivity contribution in [3.63, 3.8) is 0 Å². The lowest BCUT2D eigenvalue weighted by Gasteiger charge is -2.16. The number of fused-ring (bicyclic) bond motifs is 1. The summed E-state index contributed by atoms with van der Waals surface area (Å²) in [5.41, 5.74) is 1.52. The molecule has 4 rings (SSSR count). The highest BCUT2D eigenvalue weighted by atomic mass is 32.2. The molecule has 0 unspecified atom stereocenters. The number of pyridine rings is 1. The van der Waals surface area contributed by atoms with Crippen molar-refractivity contribution in [2.75, 3.05) is 24.3 Å². The van der Waals surface area contributed by atoms with Crippen molar-refractivity contribution < 1.29 is 17.9 Å². The number of rotatable bonds is 7. The first-order chi connectivity index (χ1) is 15.0. The van der Waals surface area contributed by atoms with Gasteiger partial charge in [-0.25, -0.2) is 18.4 Å². The van der Waals surface area contributed by atoms with Gasteiger partial charge in [-0.15, -0.1) is 0 Å². The van der Waals surface area contributed by atoms with E-state index in [9.17, 15) is 8.42 Å². The molecule has 0 saturated carbocycles. The third-order valence-electron chi connectivity index (χ3n) is 4.41. The first kappa shape index (κ1) is 20.4. The second-order valence-corrected chi connectivity index (χ2v) is 8.08. The number of hydrogen-bond donors (Lipinski definition) is 2. The number of hydrogen-bond acceptors (Lipinski definition) is 8. The second kappa shape index (κ2) is 8.44. The smallest absolute Gasteiger partial charge is 0.263 e. The van der Waals surface area contributed by atoms with Gasteiger partial charge >= 0.3 is 0 Å². The lowest BCUT2D eigenvalue weighted by molar-refractivity contribution is 0.405. The monoisotopic (exact) mass is 437 g/mol. The summed E-state index contributed by atoms with van der Waals surface area (Å²) < 4.78 is 39.0. The molecule has 0 aliphatic rings. The van der Waals surface area contributed by atoms with Gasteiger partial charge in [-0.05, 0) is 30.3 Å². The van der Waals surface area contributed by atoms with E-state index in [0.717, 1.165) is 0 Å². The fourth-order valence-corrected chi connectivity index (χ4v) is 3.92. The molecular formula is C21H19N5O4S. The minimum absolute atomic E-state index is 0.0224. The van der Waals surface area contributed by atoms with Gasteiger partial charge in [0.2, 0.25) is 0 Å². The topological polar surface area (TPSA) is 115 Å². The summed E-state index contributed by atoms with van der Waals surface area (Å²) in [5, 5.41) is 3.11. The van der Waals surface area contributed by atoms with Crippen LogP contribution in [0.4, 0.5) is 17.3 Å². The number of sulfonamides is 1. The van der Waals surface area contributed by atoms with E-state index in [2.05, 4.69) is 25.0 Å². The maximum Gasteiger partial charge on any atom is 0.263 e. The highest BCUT2D eigenvalue weighted by Crippen LogP contribution is 2.34. The first-order valence-corrected chi connectivity index (χ1v) is 10.7. The molecular weight excluding hydrogens is 418 g/mol. The Balaban J connectivity index is 1.81. The molecule has 0 radical (unpaired) electrons. The Bertz CT molecular complexity index is 1330. The molecule has 2 N–H and O–H groups in total. The fraction of sp³-hybridized carbons (Fsp3) is 0.0952. The molecule has 0 bridgehead atoms. The quantitative estimate of drug-likeness (QED) is 0.451. The summed E-state index contributed by atoms with van der Waals surface area (Å²) in [7, 11) is -0.813. The van der Waals surface area contributed by atoms with Crippen LogP contribution < -0.4 is 19.5 Å².